The summed E-state index contributed by atoms with van der Waals surface area (Å²) in [6, 6.07) is 32.0. The molecule has 36 nitrogen and oxygen atoms in total. The number of methoxy groups -OCH3 is 1. The van der Waals surface area contributed by atoms with Crippen LogP contribution < -0.4 is 4.74 Å². The molecule has 0 radical (unpaired) electrons. The normalized spacial score (nSPS) is 10.9. The Labute approximate surface area is 756 Å². The van der Waals surface area contributed by atoms with E-state index in [1.807, 2.05) is 191 Å². The number of pyridine rings is 8. The van der Waals surface area contributed by atoms with Crippen LogP contribution in [-0.4, -0.2) is 143 Å². The van der Waals surface area contributed by atoms with Gasteiger partial charge in [0.1, 0.15) is 40.0 Å². The Hall–Kier alpha value is -14.1. The highest BCUT2D eigenvalue weighted by Crippen LogP contribution is 2.28. The molecule has 129 heavy (non-hydrogen) atoms. The second-order valence-electron chi connectivity index (χ2n) is 30.8. The van der Waals surface area contributed by atoms with Crippen molar-refractivity contribution in [1.82, 2.24) is 136 Å². The molecule has 0 spiro atoms. The summed E-state index contributed by atoms with van der Waals surface area (Å²) in [4.78, 5) is 66.6. The van der Waals surface area contributed by atoms with Crippen LogP contribution in [0.25, 0.3) is 81.1 Å². The zero-order valence-electron chi connectivity index (χ0n) is 75.3. The van der Waals surface area contributed by atoms with Gasteiger partial charge in [-0.25, -0.2) is 23.7 Å². The molecule has 0 fully saturated rings. The van der Waals surface area contributed by atoms with Crippen LogP contribution >= 0.6 is 27.5 Å². The van der Waals surface area contributed by atoms with Crippen LogP contribution in [0.5, 0.6) is 5.88 Å². The predicted molar refractivity (Wildman–Crippen MR) is 476 cm³/mol. The van der Waals surface area contributed by atoms with Gasteiger partial charge in [0.05, 0.1) is 25.9 Å². The molecule has 0 amide bonds. The lowest BCUT2D eigenvalue weighted by molar-refractivity contribution is 0.376. The molecule has 0 atom stereocenters. The van der Waals surface area contributed by atoms with Crippen LogP contribution in [0.1, 0.15) is 247 Å². The van der Waals surface area contributed by atoms with Crippen LogP contribution in [0.15, 0.2) is 206 Å². The maximum absolute atomic E-state index is 13.3. The second-order valence-corrected chi connectivity index (χ2v) is 32.2. The summed E-state index contributed by atoms with van der Waals surface area (Å²) in [5.41, 5.74) is 7.06. The van der Waals surface area contributed by atoms with Gasteiger partial charge >= 0.3 is 0 Å². The summed E-state index contributed by atoms with van der Waals surface area (Å²) in [5, 5.41) is 38.9. The number of aryl methyl sites for hydroxylation is 2. The number of hydrogen-bond donors (Lipinski definition) is 0. The van der Waals surface area contributed by atoms with Gasteiger partial charge in [-0.3, -0.25) is 29.6 Å². The maximum atomic E-state index is 13.3. The van der Waals surface area contributed by atoms with E-state index in [1.165, 1.54) is 30.5 Å². The third-order valence-corrected chi connectivity index (χ3v) is 17.7. The van der Waals surface area contributed by atoms with Gasteiger partial charge < -0.3 is 40.9 Å². The average Bonchev–Trinajstić information content (AvgIpc) is 1.73. The lowest BCUT2D eigenvalue weighted by Gasteiger charge is -2.00. The van der Waals surface area contributed by atoms with Crippen LogP contribution in [0.3, 0.4) is 0 Å². The summed E-state index contributed by atoms with van der Waals surface area (Å²) in [6.07, 6.45) is 15.3. The highest BCUT2D eigenvalue weighted by molar-refractivity contribution is 9.10. The first-order chi connectivity index (χ1) is 61.8. The van der Waals surface area contributed by atoms with E-state index in [-0.39, 0.29) is 58.8 Å². The molecule has 40 heteroatoms. The Morgan fingerprint density at radius 3 is 1.21 bits per heavy atom. The van der Waals surface area contributed by atoms with Crippen molar-refractivity contribution in [3.63, 3.8) is 0 Å². The molecular weight excluding hydrogens is 1740 g/mol. The number of hydrogen-bond acceptors (Lipinski definition) is 35. The molecule has 0 saturated carbocycles. The second kappa shape index (κ2) is 49.1. The monoisotopic (exact) mass is 1840 g/mol. The standard InChI is InChI=1S/C11H13N3O2.3C11H13N3O.C10H10BrN3O.C10H10ClN3O.2C10H10FN3O.C5H9N3/c1-7(2)10-13-11(16-14-10)8-5-4-6-9(12-8)15-3;1-7(2)10-13-11(15-14-10)9-5-4-8(3)6-12-9;1-7(2)10-13-11(15-14-10)9-8(3)5-4-6-12-9;1-8(2)11-13-10(15-14-11)7-9-5-3-4-6-12-9;2*1-6(2)9-13-10(15-14-9)8-5-7(11)3-4-12-8;1-6(2)9-13-10(15-14-9)8-4-3-7(11)5-12-8;1-6(2)9-13-10(15-14-9)8-7(11)4-3-5-12-8;1-5(2)8-4-3-6-7-8/h4-7H,1-3H3;2*4-7H,1-3H3;3-6,8H,7H2,1-2H3;4*3-6H,1-2H3;3-5H,1-2H3. The molecule has 17 aromatic rings. The third-order valence-electron chi connectivity index (χ3n) is 17.0. The molecule has 17 rings (SSSR count). The van der Waals surface area contributed by atoms with Crippen LogP contribution in [0, 0.1) is 25.5 Å². The molecule has 0 aromatic carbocycles. The molecule has 0 aliphatic heterocycles. The van der Waals surface area contributed by atoms with E-state index in [4.69, 9.17) is 52.5 Å². The summed E-state index contributed by atoms with van der Waals surface area (Å²) in [7, 11) is 1.57. The van der Waals surface area contributed by atoms with Gasteiger partial charge in [0, 0.05) is 118 Å². The first-order valence-electron chi connectivity index (χ1n) is 41.1. The fourth-order valence-corrected chi connectivity index (χ4v) is 10.3. The molecule has 0 aliphatic rings. The van der Waals surface area contributed by atoms with Gasteiger partial charge in [0.15, 0.2) is 58.1 Å². The number of aromatic nitrogens is 27. The molecule has 0 unspecified atom stereocenters. The zero-order valence-corrected chi connectivity index (χ0v) is 77.6. The highest BCUT2D eigenvalue weighted by Gasteiger charge is 2.21. The fraction of sp³-hybridized carbons (Fsp3) is 0.348. The van der Waals surface area contributed by atoms with Crippen molar-refractivity contribution in [3.05, 3.63) is 255 Å². The molecule has 17 aromatic heterocycles. The van der Waals surface area contributed by atoms with E-state index in [0.29, 0.717) is 128 Å². The molecule has 0 N–H and O–H groups in total. The van der Waals surface area contributed by atoms with Crippen molar-refractivity contribution in [2.45, 2.75) is 198 Å². The van der Waals surface area contributed by atoms with E-state index >= 15 is 0 Å². The van der Waals surface area contributed by atoms with Gasteiger partial charge in [-0.1, -0.05) is 209 Å². The zero-order chi connectivity index (χ0) is 93.2. The van der Waals surface area contributed by atoms with Crippen LogP contribution in [-0.2, 0) is 6.42 Å². The van der Waals surface area contributed by atoms with Crippen LogP contribution in [0.4, 0.5) is 8.78 Å². The first-order valence-corrected chi connectivity index (χ1v) is 42.2. The third kappa shape index (κ3) is 30.9. The van der Waals surface area contributed by atoms with Crippen molar-refractivity contribution in [2.24, 2.45) is 0 Å². The Morgan fingerprint density at radius 2 is 0.806 bits per heavy atom. The van der Waals surface area contributed by atoms with Gasteiger partial charge in [-0.05, 0) is 118 Å². The lowest BCUT2D eigenvalue weighted by atomic mass is 10.2. The average molecular weight is 1850 g/mol. The minimum Gasteiger partial charge on any atom is -0.481 e. The van der Waals surface area contributed by atoms with Crippen molar-refractivity contribution >= 4 is 27.5 Å². The minimum atomic E-state index is -0.462. The Bertz CT molecular complexity index is 5870. The van der Waals surface area contributed by atoms with E-state index in [2.05, 4.69) is 161 Å². The summed E-state index contributed by atoms with van der Waals surface area (Å²) in [6.45, 7) is 40.1. The Kier molecular flexibility index (Phi) is 37.6. The quantitative estimate of drug-likeness (QED) is 0.0725. The smallest absolute Gasteiger partial charge is 0.279 e. The highest BCUT2D eigenvalue weighted by atomic mass is 79.9. The van der Waals surface area contributed by atoms with Crippen molar-refractivity contribution in [2.75, 3.05) is 7.11 Å². The predicted octanol–water partition coefficient (Wildman–Crippen LogP) is 21.1. The molecule has 0 saturated heterocycles. The van der Waals surface area contributed by atoms with Crippen molar-refractivity contribution in [1.29, 1.82) is 0 Å². The maximum Gasteiger partial charge on any atom is 0.279 e. The first kappa shape index (κ1) is 98.7. The minimum absolute atomic E-state index is 0.0944. The summed E-state index contributed by atoms with van der Waals surface area (Å²) >= 11 is 9.20. The lowest BCUT2D eigenvalue weighted by Crippen LogP contribution is -2.00. The van der Waals surface area contributed by atoms with E-state index in [0.717, 1.165) is 50.5 Å². The van der Waals surface area contributed by atoms with Crippen molar-refractivity contribution < 1.29 is 49.7 Å². The number of rotatable bonds is 19. The summed E-state index contributed by atoms with van der Waals surface area (Å²) in [5.74, 6) is 10.3. The SMILES string of the molecule is CC(C)c1noc(-c2cc(Br)ccn2)n1.CC(C)c1noc(-c2cc(Cl)ccn2)n1.CC(C)c1noc(-c2ccc(F)cn2)n1.CC(C)c1noc(-c2ncccc2F)n1.CC(C)c1noc(Cc2ccccn2)n1.CC(C)n1ccnn1.COc1cccc(-c2nc(C(C)C)no2)n1.Cc1ccc(-c2nc(C(C)C)no2)nc1.Cc1cccnc1-c1nc(C(C)C)no1. The van der Waals surface area contributed by atoms with E-state index in [1.54, 1.807) is 73.2 Å². The molecule has 0 bridgehead atoms. The van der Waals surface area contributed by atoms with Gasteiger partial charge in [-0.15, -0.1) is 5.10 Å². The molecular formula is C89H101BrClF2N27O9. The van der Waals surface area contributed by atoms with Gasteiger partial charge in [0.2, 0.25) is 11.8 Å². The molecule has 0 aliphatic carbocycles. The van der Waals surface area contributed by atoms with Gasteiger partial charge in [0.25, 0.3) is 41.2 Å². The largest absolute Gasteiger partial charge is 0.481 e. The van der Waals surface area contributed by atoms with E-state index in [9.17, 15) is 8.78 Å². The topological polar surface area (TPSA) is 454 Å². The van der Waals surface area contributed by atoms with Crippen molar-refractivity contribution in [3.8, 4) is 87.0 Å². The molecule has 17 heterocycles. The molecule has 674 valence electrons. The fourth-order valence-electron chi connectivity index (χ4n) is 9.76. The van der Waals surface area contributed by atoms with E-state index < -0.39 is 5.82 Å². The van der Waals surface area contributed by atoms with Crippen LogP contribution in [0.2, 0.25) is 5.02 Å². The number of ether oxygens (including phenoxy) is 1. The number of nitrogens with zero attached hydrogens (tertiary/aromatic N) is 27. The van der Waals surface area contributed by atoms with Gasteiger partial charge in [-0.2, -0.15) is 39.9 Å². The Balaban J connectivity index is 0.000000164. The Morgan fingerprint density at radius 1 is 0.372 bits per heavy atom. The summed E-state index contributed by atoms with van der Waals surface area (Å²) < 4.78 is 74.4. The number of halogens is 4.